The number of carbonyl (C=O) groups excluding carboxylic acids is 1. The summed E-state index contributed by atoms with van der Waals surface area (Å²) in [7, 11) is 0. The number of para-hydroxylation sites is 1. The van der Waals surface area contributed by atoms with Gasteiger partial charge in [-0.2, -0.15) is 0 Å². The highest BCUT2D eigenvalue weighted by Gasteiger charge is 2.26. The van der Waals surface area contributed by atoms with Crippen LogP contribution in [0.4, 0.5) is 0 Å². The minimum atomic E-state index is -0.444. The maximum Gasteiger partial charge on any atom is 0.178 e. The normalized spacial score (nSPS) is 17.0. The maximum absolute atomic E-state index is 12.4. The topological polar surface area (TPSA) is 26.3 Å². The van der Waals surface area contributed by atoms with Gasteiger partial charge in [-0.25, -0.2) is 0 Å². The van der Waals surface area contributed by atoms with Crippen molar-refractivity contribution in [3.63, 3.8) is 0 Å². The molecule has 3 rings (SSSR count). The van der Waals surface area contributed by atoms with Crippen molar-refractivity contribution in [2.75, 3.05) is 5.75 Å². The van der Waals surface area contributed by atoms with Gasteiger partial charge in [-0.3, -0.25) is 4.79 Å². The summed E-state index contributed by atoms with van der Waals surface area (Å²) in [4.78, 5) is 13.5. The second kappa shape index (κ2) is 6.30. The number of ketones is 1. The number of carbonyl (C=O) groups is 1. The van der Waals surface area contributed by atoms with E-state index in [1.165, 1.54) is 0 Å². The number of fused-ring (bicyclic) bond motifs is 1. The van der Waals surface area contributed by atoms with E-state index in [0.717, 1.165) is 16.2 Å². The fourth-order valence-corrected chi connectivity index (χ4v) is 3.56. The van der Waals surface area contributed by atoms with Crippen molar-refractivity contribution in [1.82, 2.24) is 0 Å². The van der Waals surface area contributed by atoms with E-state index in [9.17, 15) is 4.79 Å². The molecule has 108 valence electrons. The summed E-state index contributed by atoms with van der Waals surface area (Å²) < 4.78 is 5.79. The van der Waals surface area contributed by atoms with Gasteiger partial charge in [0.2, 0.25) is 0 Å². The summed E-state index contributed by atoms with van der Waals surface area (Å²) in [6.45, 7) is 0. The molecule has 0 aliphatic carbocycles. The summed E-state index contributed by atoms with van der Waals surface area (Å²) in [5.74, 6) is 1.40. The van der Waals surface area contributed by atoms with Gasteiger partial charge < -0.3 is 4.74 Å². The molecule has 1 heterocycles. The smallest absolute Gasteiger partial charge is 0.178 e. The highest BCUT2D eigenvalue weighted by molar-refractivity contribution is 7.99. The van der Waals surface area contributed by atoms with Crippen LogP contribution in [-0.4, -0.2) is 17.6 Å². The molecule has 2 nitrogen and oxygen atoms in total. The summed E-state index contributed by atoms with van der Waals surface area (Å²) in [5, 5.41) is 1.13. The summed E-state index contributed by atoms with van der Waals surface area (Å²) >= 11 is 13.7. The van der Waals surface area contributed by atoms with Crippen LogP contribution in [0.15, 0.2) is 47.4 Å². The van der Waals surface area contributed by atoms with E-state index in [4.69, 9.17) is 27.9 Å². The standard InChI is InChI=1S/C16H12Cl2O2S/c17-11-5-6-12(18)10(7-11)8-13(19)15-9-21-16-4-2-1-3-14(16)20-15/h1-7,15H,8-9H2. The van der Waals surface area contributed by atoms with E-state index in [2.05, 4.69) is 0 Å². The Kier molecular flexibility index (Phi) is 4.43. The maximum atomic E-state index is 12.4. The third-order valence-electron chi connectivity index (χ3n) is 3.24. The lowest BCUT2D eigenvalue weighted by Crippen LogP contribution is -2.33. The van der Waals surface area contributed by atoms with E-state index < -0.39 is 6.10 Å². The fourth-order valence-electron chi connectivity index (χ4n) is 2.16. The quantitative estimate of drug-likeness (QED) is 0.814. The van der Waals surface area contributed by atoms with Gasteiger partial charge in [-0.1, -0.05) is 35.3 Å². The van der Waals surface area contributed by atoms with Crippen molar-refractivity contribution in [3.8, 4) is 5.75 Å². The largest absolute Gasteiger partial charge is 0.481 e. The molecule has 0 fully saturated rings. The van der Waals surface area contributed by atoms with Crippen LogP contribution < -0.4 is 4.74 Å². The number of benzene rings is 2. The Labute approximate surface area is 137 Å². The van der Waals surface area contributed by atoms with Crippen molar-refractivity contribution < 1.29 is 9.53 Å². The molecule has 1 aliphatic rings. The molecule has 21 heavy (non-hydrogen) atoms. The van der Waals surface area contributed by atoms with E-state index in [-0.39, 0.29) is 12.2 Å². The molecule has 5 heteroatoms. The van der Waals surface area contributed by atoms with Crippen LogP contribution in [-0.2, 0) is 11.2 Å². The predicted molar refractivity (Wildman–Crippen MR) is 86.8 cm³/mol. The van der Waals surface area contributed by atoms with Gasteiger partial charge in [0.15, 0.2) is 11.9 Å². The number of halogens is 2. The minimum absolute atomic E-state index is 0.0150. The number of thioether (sulfide) groups is 1. The predicted octanol–water partition coefficient (Wildman–Crippen LogP) is 4.66. The van der Waals surface area contributed by atoms with Gasteiger partial charge in [0.05, 0.1) is 0 Å². The van der Waals surface area contributed by atoms with Gasteiger partial charge in [0.25, 0.3) is 0 Å². The Hall–Kier alpha value is -1.16. The zero-order valence-electron chi connectivity index (χ0n) is 11.0. The third-order valence-corrected chi connectivity index (χ3v) is 4.96. The van der Waals surface area contributed by atoms with E-state index in [1.54, 1.807) is 30.0 Å². The zero-order valence-corrected chi connectivity index (χ0v) is 13.3. The van der Waals surface area contributed by atoms with Crippen molar-refractivity contribution in [2.45, 2.75) is 17.4 Å². The molecule has 2 aromatic rings. The molecule has 0 radical (unpaired) electrons. The number of Topliss-reactive ketones (excluding diaryl/α,β-unsaturated/α-hetero) is 1. The van der Waals surface area contributed by atoms with Crippen LogP contribution in [0.3, 0.4) is 0 Å². The molecular formula is C16H12Cl2O2S. The molecule has 0 amide bonds. The number of rotatable bonds is 3. The van der Waals surface area contributed by atoms with E-state index >= 15 is 0 Å². The molecule has 0 saturated heterocycles. The van der Waals surface area contributed by atoms with Crippen molar-refractivity contribution >= 4 is 40.7 Å². The lowest BCUT2D eigenvalue weighted by molar-refractivity contribution is -0.124. The third kappa shape index (κ3) is 3.37. The molecule has 0 N–H and O–H groups in total. The summed E-state index contributed by atoms with van der Waals surface area (Å²) in [6.07, 6.45) is -0.216. The highest BCUT2D eigenvalue weighted by Crippen LogP contribution is 2.35. The molecule has 0 spiro atoms. The first-order chi connectivity index (χ1) is 10.1. The Morgan fingerprint density at radius 1 is 1.24 bits per heavy atom. The van der Waals surface area contributed by atoms with Crippen LogP contribution in [0.2, 0.25) is 10.0 Å². The SMILES string of the molecule is O=C(Cc1cc(Cl)ccc1Cl)C1CSc2ccccc2O1. The van der Waals surface area contributed by atoms with Gasteiger partial charge in [0, 0.05) is 27.1 Å². The van der Waals surface area contributed by atoms with Crippen molar-refractivity contribution in [1.29, 1.82) is 0 Å². The lowest BCUT2D eigenvalue weighted by Gasteiger charge is -2.24. The first-order valence-electron chi connectivity index (χ1n) is 6.48. The van der Waals surface area contributed by atoms with Crippen LogP contribution in [0.1, 0.15) is 5.56 Å². The molecule has 1 unspecified atom stereocenters. The number of hydrogen-bond acceptors (Lipinski definition) is 3. The summed E-state index contributed by atoms with van der Waals surface area (Å²) in [5.41, 5.74) is 0.738. The molecule has 0 aromatic heterocycles. The average Bonchev–Trinajstić information content (AvgIpc) is 2.50. The number of ether oxygens (including phenoxy) is 1. The molecule has 2 aromatic carbocycles. The molecule has 0 saturated carbocycles. The number of hydrogen-bond donors (Lipinski definition) is 0. The highest BCUT2D eigenvalue weighted by atomic mass is 35.5. The van der Waals surface area contributed by atoms with E-state index in [1.807, 2.05) is 24.3 Å². The molecule has 0 bridgehead atoms. The monoisotopic (exact) mass is 338 g/mol. The first-order valence-corrected chi connectivity index (χ1v) is 8.23. The Morgan fingerprint density at radius 3 is 2.90 bits per heavy atom. The van der Waals surface area contributed by atoms with E-state index in [0.29, 0.717) is 15.8 Å². The molecule has 1 aliphatic heterocycles. The second-order valence-electron chi connectivity index (χ2n) is 4.74. The molecule has 1 atom stereocenters. The zero-order chi connectivity index (χ0) is 14.8. The first kappa shape index (κ1) is 14.8. The second-order valence-corrected chi connectivity index (χ2v) is 6.65. The van der Waals surface area contributed by atoms with Crippen LogP contribution >= 0.6 is 35.0 Å². The van der Waals surface area contributed by atoms with Crippen LogP contribution in [0.5, 0.6) is 5.75 Å². The van der Waals surface area contributed by atoms with Gasteiger partial charge in [0.1, 0.15) is 5.75 Å². The van der Waals surface area contributed by atoms with Crippen LogP contribution in [0.25, 0.3) is 0 Å². The Balaban J connectivity index is 1.74. The fraction of sp³-hybridized carbons (Fsp3) is 0.188. The Morgan fingerprint density at radius 2 is 2.05 bits per heavy atom. The minimum Gasteiger partial charge on any atom is -0.481 e. The van der Waals surface area contributed by atoms with Gasteiger partial charge >= 0.3 is 0 Å². The van der Waals surface area contributed by atoms with Crippen molar-refractivity contribution in [2.24, 2.45) is 0 Å². The average molecular weight is 339 g/mol. The van der Waals surface area contributed by atoms with Gasteiger partial charge in [-0.15, -0.1) is 11.8 Å². The van der Waals surface area contributed by atoms with Gasteiger partial charge in [-0.05, 0) is 35.9 Å². The Bertz CT molecular complexity index is 688. The van der Waals surface area contributed by atoms with Crippen LogP contribution in [0, 0.1) is 0 Å². The lowest BCUT2D eigenvalue weighted by atomic mass is 10.1. The molecular weight excluding hydrogens is 327 g/mol. The van der Waals surface area contributed by atoms with Crippen molar-refractivity contribution in [3.05, 3.63) is 58.1 Å². The summed E-state index contributed by atoms with van der Waals surface area (Å²) in [6, 6.07) is 12.9.